The summed E-state index contributed by atoms with van der Waals surface area (Å²) < 4.78 is 12.4. The van der Waals surface area contributed by atoms with Crippen molar-refractivity contribution in [3.8, 4) is 23.3 Å². The van der Waals surface area contributed by atoms with Crippen molar-refractivity contribution in [2.75, 3.05) is 53.7 Å². The SMILES string of the molecule is COc1cc(C#Cc2nn(CC3CN(C(=O)/C=C/CN(C)C)C3)c3ncnc(N)c23)cc(OC)c1. The lowest BCUT2D eigenvalue weighted by atomic mass is 10.00. The Hall–Kier alpha value is -4.10. The first-order valence-corrected chi connectivity index (χ1v) is 11.2. The topological polar surface area (TPSA) is 112 Å². The molecule has 0 atom stereocenters. The minimum absolute atomic E-state index is 0.0280. The van der Waals surface area contributed by atoms with Crippen molar-refractivity contribution in [1.82, 2.24) is 29.5 Å². The van der Waals surface area contributed by atoms with Crippen LogP contribution in [0.2, 0.25) is 0 Å². The van der Waals surface area contributed by atoms with Crippen LogP contribution < -0.4 is 15.2 Å². The molecule has 1 aliphatic heterocycles. The number of likely N-dealkylation sites (tertiary alicyclic amines) is 1. The number of benzene rings is 1. The third-order valence-corrected chi connectivity index (χ3v) is 5.67. The molecule has 2 N–H and O–H groups in total. The molecule has 2 aromatic heterocycles. The number of carbonyl (C=O) groups is 1. The van der Waals surface area contributed by atoms with Gasteiger partial charge >= 0.3 is 0 Å². The predicted molar refractivity (Wildman–Crippen MR) is 133 cm³/mol. The van der Waals surface area contributed by atoms with Gasteiger partial charge in [-0.05, 0) is 32.1 Å². The highest BCUT2D eigenvalue weighted by Gasteiger charge is 2.30. The highest BCUT2D eigenvalue weighted by molar-refractivity contribution is 5.90. The van der Waals surface area contributed by atoms with Crippen LogP contribution in [0, 0.1) is 17.8 Å². The molecule has 10 nitrogen and oxygen atoms in total. The lowest BCUT2D eigenvalue weighted by molar-refractivity contribution is -0.132. The second kappa shape index (κ2) is 10.4. The maximum atomic E-state index is 12.3. The van der Waals surface area contributed by atoms with Crippen molar-refractivity contribution in [3.63, 3.8) is 0 Å². The Morgan fingerprint density at radius 3 is 2.54 bits per heavy atom. The van der Waals surface area contributed by atoms with Crippen LogP contribution in [0.15, 0.2) is 36.7 Å². The monoisotopic (exact) mass is 475 g/mol. The van der Waals surface area contributed by atoms with Crippen LogP contribution in [0.25, 0.3) is 11.0 Å². The van der Waals surface area contributed by atoms with E-state index in [2.05, 4.69) is 26.9 Å². The summed E-state index contributed by atoms with van der Waals surface area (Å²) in [6.45, 7) is 2.66. The zero-order chi connectivity index (χ0) is 24.9. The Bertz CT molecular complexity index is 1290. The van der Waals surface area contributed by atoms with E-state index in [4.69, 9.17) is 15.2 Å². The molecule has 10 heteroatoms. The maximum absolute atomic E-state index is 12.3. The molecule has 1 aliphatic rings. The lowest BCUT2D eigenvalue weighted by Crippen LogP contribution is -2.51. The van der Waals surface area contributed by atoms with Crippen molar-refractivity contribution in [2.45, 2.75) is 6.54 Å². The number of hydrogen-bond donors (Lipinski definition) is 1. The number of nitrogens with zero attached hydrogens (tertiary/aromatic N) is 6. The van der Waals surface area contributed by atoms with Gasteiger partial charge in [0.05, 0.1) is 19.6 Å². The number of nitrogens with two attached hydrogens (primary N) is 1. The summed E-state index contributed by atoms with van der Waals surface area (Å²) in [5.41, 5.74) is 8.00. The Balaban J connectivity index is 1.53. The zero-order valence-electron chi connectivity index (χ0n) is 20.4. The van der Waals surface area contributed by atoms with E-state index in [1.807, 2.05) is 42.1 Å². The minimum atomic E-state index is 0.0280. The summed E-state index contributed by atoms with van der Waals surface area (Å²) in [4.78, 5) is 24.7. The molecule has 0 saturated carbocycles. The molecule has 3 aromatic rings. The molecule has 0 radical (unpaired) electrons. The summed E-state index contributed by atoms with van der Waals surface area (Å²) in [5, 5.41) is 5.31. The third-order valence-electron chi connectivity index (χ3n) is 5.67. The standard InChI is InChI=1S/C25H29N7O3/c1-30(2)9-5-6-22(33)31-13-18(14-31)15-32-25-23(24(26)27-16-28-25)21(29-32)8-7-17-10-19(34-3)12-20(11-17)35-4/h5-6,10-12,16,18H,9,13-15H2,1-4H3,(H2,26,27,28)/b6-5+. The van der Waals surface area contributed by atoms with Crippen LogP contribution in [0.5, 0.6) is 11.5 Å². The zero-order valence-corrected chi connectivity index (χ0v) is 20.4. The second-order valence-electron chi connectivity index (χ2n) is 8.61. The molecule has 182 valence electrons. The smallest absolute Gasteiger partial charge is 0.246 e. The number of rotatable bonds is 7. The van der Waals surface area contributed by atoms with E-state index in [0.717, 1.165) is 12.1 Å². The number of anilines is 1. The van der Waals surface area contributed by atoms with Crippen LogP contribution >= 0.6 is 0 Å². The molecular weight excluding hydrogens is 446 g/mol. The first-order chi connectivity index (χ1) is 16.9. The number of nitrogen functional groups attached to an aromatic ring is 1. The summed E-state index contributed by atoms with van der Waals surface area (Å²) in [5.74, 6) is 8.13. The molecule has 1 aromatic carbocycles. The van der Waals surface area contributed by atoms with Crippen molar-refractivity contribution in [2.24, 2.45) is 5.92 Å². The Morgan fingerprint density at radius 1 is 1.17 bits per heavy atom. The molecule has 0 spiro atoms. The molecule has 0 aliphatic carbocycles. The summed E-state index contributed by atoms with van der Waals surface area (Å²) >= 11 is 0. The predicted octanol–water partition coefficient (Wildman–Crippen LogP) is 1.40. The van der Waals surface area contributed by atoms with E-state index in [1.54, 1.807) is 31.0 Å². The number of methoxy groups -OCH3 is 2. The van der Waals surface area contributed by atoms with Crippen LogP contribution in [0.1, 0.15) is 11.3 Å². The average molecular weight is 476 g/mol. The van der Waals surface area contributed by atoms with Crippen LogP contribution in [-0.2, 0) is 11.3 Å². The Kier molecular flexibility index (Phi) is 7.17. The summed E-state index contributed by atoms with van der Waals surface area (Å²) in [6, 6.07) is 5.43. The highest BCUT2D eigenvalue weighted by atomic mass is 16.5. The number of amides is 1. The molecule has 0 unspecified atom stereocenters. The molecule has 35 heavy (non-hydrogen) atoms. The van der Waals surface area contributed by atoms with Gasteiger partial charge in [0.2, 0.25) is 5.91 Å². The Morgan fingerprint density at radius 2 is 1.89 bits per heavy atom. The van der Waals surface area contributed by atoms with Crippen molar-refractivity contribution >= 4 is 22.8 Å². The number of fused-ring (bicyclic) bond motifs is 1. The maximum Gasteiger partial charge on any atom is 0.246 e. The molecule has 0 bridgehead atoms. The number of hydrogen-bond acceptors (Lipinski definition) is 8. The second-order valence-corrected chi connectivity index (χ2v) is 8.61. The van der Waals surface area contributed by atoms with Crippen LogP contribution in [0.4, 0.5) is 5.82 Å². The van der Waals surface area contributed by atoms with Crippen molar-refractivity contribution in [1.29, 1.82) is 0 Å². The van der Waals surface area contributed by atoms with Gasteiger partial charge in [-0.15, -0.1) is 0 Å². The van der Waals surface area contributed by atoms with Crippen molar-refractivity contribution < 1.29 is 14.3 Å². The number of carbonyl (C=O) groups excluding carboxylic acids is 1. The third kappa shape index (κ3) is 5.53. The largest absolute Gasteiger partial charge is 0.497 e. The van der Waals surface area contributed by atoms with Crippen LogP contribution in [0.3, 0.4) is 0 Å². The quantitative estimate of drug-likeness (QED) is 0.403. The molecule has 1 amide bonds. The van der Waals surface area contributed by atoms with Gasteiger partial charge in [0.25, 0.3) is 0 Å². The van der Waals surface area contributed by atoms with E-state index >= 15 is 0 Å². The first-order valence-electron chi connectivity index (χ1n) is 11.2. The van der Waals surface area contributed by atoms with E-state index in [0.29, 0.717) is 53.7 Å². The van der Waals surface area contributed by atoms with Gasteiger partial charge in [0.15, 0.2) is 5.65 Å². The van der Waals surface area contributed by atoms with E-state index in [-0.39, 0.29) is 11.8 Å². The van der Waals surface area contributed by atoms with Gasteiger partial charge in [-0.1, -0.05) is 12.0 Å². The summed E-state index contributed by atoms with van der Waals surface area (Å²) in [6.07, 6.45) is 4.93. The number of aromatic nitrogens is 4. The van der Waals surface area contributed by atoms with Gasteiger partial charge in [-0.3, -0.25) is 4.79 Å². The summed E-state index contributed by atoms with van der Waals surface area (Å²) in [7, 11) is 7.11. The molecule has 1 saturated heterocycles. The lowest BCUT2D eigenvalue weighted by Gasteiger charge is -2.38. The molecule has 4 rings (SSSR count). The minimum Gasteiger partial charge on any atom is -0.497 e. The van der Waals surface area contributed by atoms with Crippen molar-refractivity contribution in [3.05, 3.63) is 47.9 Å². The van der Waals surface area contributed by atoms with Gasteiger partial charge in [0, 0.05) is 49.8 Å². The normalized spacial score (nSPS) is 13.7. The molecule has 1 fully saturated rings. The van der Waals surface area contributed by atoms with E-state index in [9.17, 15) is 4.79 Å². The Labute approximate surface area is 204 Å². The van der Waals surface area contributed by atoms with Crippen LogP contribution in [-0.4, -0.2) is 83.4 Å². The van der Waals surface area contributed by atoms with Gasteiger partial charge in [-0.25, -0.2) is 14.6 Å². The average Bonchev–Trinajstić information content (AvgIpc) is 3.17. The van der Waals surface area contributed by atoms with E-state index < -0.39 is 0 Å². The number of likely N-dealkylation sites (N-methyl/N-ethyl adjacent to an activating group) is 1. The van der Waals surface area contributed by atoms with Gasteiger partial charge < -0.3 is 25.0 Å². The fourth-order valence-electron chi connectivity index (χ4n) is 3.84. The highest BCUT2D eigenvalue weighted by Crippen LogP contribution is 2.25. The molecular formula is C25H29N7O3. The van der Waals surface area contributed by atoms with E-state index in [1.165, 1.54) is 6.33 Å². The number of ether oxygens (including phenoxy) is 2. The fraction of sp³-hybridized carbons (Fsp3) is 0.360. The fourth-order valence-corrected chi connectivity index (χ4v) is 3.84. The van der Waals surface area contributed by atoms with Gasteiger partial charge in [-0.2, -0.15) is 5.10 Å². The first kappa shape index (κ1) is 24.0. The van der Waals surface area contributed by atoms with Gasteiger partial charge in [0.1, 0.15) is 29.3 Å². The molecule has 3 heterocycles.